The third-order valence-corrected chi connectivity index (χ3v) is 4.51. The second-order valence-corrected chi connectivity index (χ2v) is 6.57. The zero-order chi connectivity index (χ0) is 20.6. The van der Waals surface area contributed by atoms with Crippen LogP contribution in [0.1, 0.15) is 10.4 Å². The summed E-state index contributed by atoms with van der Waals surface area (Å²) in [5, 5.41) is 5.69. The minimum atomic E-state index is -0.286. The van der Waals surface area contributed by atoms with Crippen LogP contribution >= 0.6 is 0 Å². The molecule has 2 aromatic carbocycles. The van der Waals surface area contributed by atoms with Crippen molar-refractivity contribution in [3.8, 4) is 11.5 Å². The Morgan fingerprint density at radius 2 is 1.48 bits per heavy atom. The average Bonchev–Trinajstić information content (AvgIpc) is 2.75. The number of nitrogens with one attached hydrogen (secondary N) is 2. The number of methoxy groups -OCH3 is 2. The van der Waals surface area contributed by atoms with Gasteiger partial charge in [0.1, 0.15) is 11.5 Å². The van der Waals surface area contributed by atoms with Gasteiger partial charge < -0.3 is 24.8 Å². The van der Waals surface area contributed by atoms with Gasteiger partial charge in [-0.05, 0) is 36.4 Å². The Kier molecular flexibility index (Phi) is 7.04. The monoisotopic (exact) mass is 399 g/mol. The normalized spacial score (nSPS) is 14.1. The molecule has 0 spiro atoms. The summed E-state index contributed by atoms with van der Waals surface area (Å²) in [6.45, 7) is 3.15. The van der Waals surface area contributed by atoms with Gasteiger partial charge in [0.2, 0.25) is 5.91 Å². The van der Waals surface area contributed by atoms with Gasteiger partial charge in [0.05, 0.1) is 34.0 Å². The van der Waals surface area contributed by atoms with Crippen LogP contribution in [0, 0.1) is 0 Å². The van der Waals surface area contributed by atoms with Gasteiger partial charge in [-0.15, -0.1) is 0 Å². The van der Waals surface area contributed by atoms with E-state index in [1.54, 1.807) is 42.5 Å². The first-order chi connectivity index (χ1) is 14.1. The largest absolute Gasteiger partial charge is 0.497 e. The Labute approximate surface area is 169 Å². The molecular formula is C21H25N3O5. The van der Waals surface area contributed by atoms with Crippen molar-refractivity contribution in [3.05, 3.63) is 48.0 Å². The molecule has 0 bridgehead atoms. The molecule has 1 fully saturated rings. The fraction of sp³-hybridized carbons (Fsp3) is 0.333. The van der Waals surface area contributed by atoms with E-state index >= 15 is 0 Å². The van der Waals surface area contributed by atoms with Crippen LogP contribution in [0.2, 0.25) is 0 Å². The molecule has 1 aliphatic rings. The van der Waals surface area contributed by atoms with Gasteiger partial charge >= 0.3 is 0 Å². The van der Waals surface area contributed by atoms with E-state index in [9.17, 15) is 9.59 Å². The number of nitrogens with zero attached hydrogens (tertiary/aromatic N) is 1. The third-order valence-electron chi connectivity index (χ3n) is 4.51. The molecule has 154 valence electrons. The number of anilines is 2. The van der Waals surface area contributed by atoms with Crippen LogP contribution in [-0.2, 0) is 9.53 Å². The van der Waals surface area contributed by atoms with E-state index in [0.717, 1.165) is 13.1 Å². The second kappa shape index (κ2) is 9.90. The van der Waals surface area contributed by atoms with Crippen LogP contribution in [0.5, 0.6) is 11.5 Å². The summed E-state index contributed by atoms with van der Waals surface area (Å²) in [4.78, 5) is 26.7. The number of ether oxygens (including phenoxy) is 3. The lowest BCUT2D eigenvalue weighted by Gasteiger charge is -2.25. The molecule has 0 unspecified atom stereocenters. The highest BCUT2D eigenvalue weighted by Gasteiger charge is 2.14. The molecule has 2 aromatic rings. The van der Waals surface area contributed by atoms with E-state index in [-0.39, 0.29) is 11.8 Å². The Morgan fingerprint density at radius 3 is 2.03 bits per heavy atom. The van der Waals surface area contributed by atoms with Crippen molar-refractivity contribution in [2.45, 2.75) is 0 Å². The maximum atomic E-state index is 12.5. The van der Waals surface area contributed by atoms with E-state index in [2.05, 4.69) is 15.5 Å². The van der Waals surface area contributed by atoms with Crippen LogP contribution in [0.3, 0.4) is 0 Å². The van der Waals surface area contributed by atoms with Gasteiger partial charge in [0.15, 0.2) is 0 Å². The first-order valence-corrected chi connectivity index (χ1v) is 9.32. The van der Waals surface area contributed by atoms with E-state index < -0.39 is 0 Å². The minimum Gasteiger partial charge on any atom is -0.497 e. The van der Waals surface area contributed by atoms with Gasteiger partial charge in [-0.1, -0.05) is 0 Å². The van der Waals surface area contributed by atoms with Crippen LogP contribution in [0.25, 0.3) is 0 Å². The minimum absolute atomic E-state index is 0.0767. The number of hydrogen-bond acceptors (Lipinski definition) is 6. The Bertz CT molecular complexity index is 826. The summed E-state index contributed by atoms with van der Waals surface area (Å²) in [6, 6.07) is 11.9. The molecule has 1 saturated heterocycles. The lowest BCUT2D eigenvalue weighted by Crippen LogP contribution is -2.41. The third kappa shape index (κ3) is 5.94. The highest BCUT2D eigenvalue weighted by Crippen LogP contribution is 2.23. The predicted molar refractivity (Wildman–Crippen MR) is 110 cm³/mol. The van der Waals surface area contributed by atoms with Crippen molar-refractivity contribution in [1.29, 1.82) is 0 Å². The number of benzene rings is 2. The molecule has 0 radical (unpaired) electrons. The Morgan fingerprint density at radius 1 is 0.931 bits per heavy atom. The Balaban J connectivity index is 1.57. The predicted octanol–water partition coefficient (Wildman–Crippen LogP) is 2.23. The van der Waals surface area contributed by atoms with Gasteiger partial charge in [-0.25, -0.2) is 0 Å². The highest BCUT2D eigenvalue weighted by molar-refractivity contribution is 6.05. The molecule has 0 saturated carbocycles. The lowest BCUT2D eigenvalue weighted by atomic mass is 10.1. The van der Waals surface area contributed by atoms with Crippen molar-refractivity contribution in [1.82, 2.24) is 4.90 Å². The van der Waals surface area contributed by atoms with Crippen molar-refractivity contribution in [3.63, 3.8) is 0 Å². The van der Waals surface area contributed by atoms with E-state index in [0.29, 0.717) is 48.2 Å². The Hall–Kier alpha value is -3.10. The molecule has 2 N–H and O–H groups in total. The summed E-state index contributed by atoms with van der Waals surface area (Å²) in [5.41, 5.74) is 1.70. The van der Waals surface area contributed by atoms with Crippen molar-refractivity contribution in [2.24, 2.45) is 0 Å². The summed E-state index contributed by atoms with van der Waals surface area (Å²) < 4.78 is 15.7. The molecule has 1 aliphatic heterocycles. The maximum Gasteiger partial charge on any atom is 0.255 e. The van der Waals surface area contributed by atoms with Crippen LogP contribution in [0.15, 0.2) is 42.5 Å². The molecule has 0 atom stereocenters. The van der Waals surface area contributed by atoms with E-state index in [1.807, 2.05) is 0 Å². The molecule has 2 amide bonds. The second-order valence-electron chi connectivity index (χ2n) is 6.57. The summed E-state index contributed by atoms with van der Waals surface area (Å²) >= 11 is 0. The average molecular weight is 399 g/mol. The zero-order valence-corrected chi connectivity index (χ0v) is 16.6. The summed E-state index contributed by atoms with van der Waals surface area (Å²) in [7, 11) is 3.06. The van der Waals surface area contributed by atoms with Crippen molar-refractivity contribution in [2.75, 3.05) is 57.7 Å². The lowest BCUT2D eigenvalue weighted by molar-refractivity contribution is -0.118. The van der Waals surface area contributed by atoms with Gasteiger partial charge in [-0.3, -0.25) is 14.5 Å². The standard InChI is InChI=1S/C21H25N3O5/c1-27-18-11-15(12-19(13-18)28-2)21(26)23-17-5-3-16(4-6-17)22-20(25)14-24-7-9-29-10-8-24/h3-6,11-13H,7-10,14H2,1-2H3,(H,22,25)(H,23,26). The molecule has 8 nitrogen and oxygen atoms in total. The molecule has 29 heavy (non-hydrogen) atoms. The van der Waals surface area contributed by atoms with Crippen LogP contribution in [0.4, 0.5) is 11.4 Å². The number of rotatable bonds is 7. The molecule has 0 aromatic heterocycles. The zero-order valence-electron chi connectivity index (χ0n) is 16.6. The van der Waals surface area contributed by atoms with Gasteiger partial charge in [0.25, 0.3) is 5.91 Å². The van der Waals surface area contributed by atoms with Crippen LogP contribution in [-0.4, -0.2) is 63.8 Å². The molecule has 3 rings (SSSR count). The molecular weight excluding hydrogens is 374 g/mol. The van der Waals surface area contributed by atoms with Crippen LogP contribution < -0.4 is 20.1 Å². The SMILES string of the molecule is COc1cc(OC)cc(C(=O)Nc2ccc(NC(=O)CN3CCOCC3)cc2)c1. The van der Waals surface area contributed by atoms with E-state index in [4.69, 9.17) is 14.2 Å². The van der Waals surface area contributed by atoms with E-state index in [1.165, 1.54) is 14.2 Å². The number of morpholine rings is 1. The molecule has 8 heteroatoms. The summed E-state index contributed by atoms with van der Waals surface area (Å²) in [6.07, 6.45) is 0. The maximum absolute atomic E-state index is 12.5. The van der Waals surface area contributed by atoms with Gasteiger partial charge in [0, 0.05) is 36.1 Å². The van der Waals surface area contributed by atoms with Crippen molar-refractivity contribution >= 4 is 23.2 Å². The molecule has 1 heterocycles. The van der Waals surface area contributed by atoms with Crippen molar-refractivity contribution < 1.29 is 23.8 Å². The quantitative estimate of drug-likeness (QED) is 0.742. The highest BCUT2D eigenvalue weighted by atomic mass is 16.5. The number of carbonyl (C=O) groups excluding carboxylic acids is 2. The first kappa shape index (κ1) is 20.6. The number of hydrogen-bond donors (Lipinski definition) is 2. The fourth-order valence-electron chi connectivity index (χ4n) is 2.94. The topological polar surface area (TPSA) is 89.1 Å². The fourth-order valence-corrected chi connectivity index (χ4v) is 2.94. The number of carbonyl (C=O) groups is 2. The molecule has 0 aliphatic carbocycles. The smallest absolute Gasteiger partial charge is 0.255 e. The van der Waals surface area contributed by atoms with Gasteiger partial charge in [-0.2, -0.15) is 0 Å². The summed E-state index contributed by atoms with van der Waals surface area (Å²) in [5.74, 6) is 0.708. The first-order valence-electron chi connectivity index (χ1n) is 9.32. The number of amides is 2.